The number of aryl methyl sites for hydroxylation is 2. The van der Waals surface area contributed by atoms with Crippen LogP contribution in [0.3, 0.4) is 0 Å². The van der Waals surface area contributed by atoms with Crippen molar-refractivity contribution >= 4 is 11.5 Å². The van der Waals surface area contributed by atoms with Gasteiger partial charge in [-0.3, -0.25) is 9.78 Å². The van der Waals surface area contributed by atoms with E-state index in [0.717, 1.165) is 5.56 Å². The lowest BCUT2D eigenvalue weighted by atomic mass is 10.0. The molecule has 0 radical (unpaired) electrons. The lowest BCUT2D eigenvalue weighted by Gasteiger charge is -2.05. The zero-order valence-electron chi connectivity index (χ0n) is 10.6. The van der Waals surface area contributed by atoms with Crippen LogP contribution in [0.4, 0.5) is 5.69 Å². The molecule has 0 atom stereocenters. The number of nitrogens with two attached hydrogens (primary N) is 1. The molecular formula is C15H16N2O. The molecule has 1 heterocycles. The molecule has 0 saturated carbocycles. The number of aromatic nitrogens is 1. The van der Waals surface area contributed by atoms with Gasteiger partial charge in [-0.15, -0.1) is 0 Å². The molecule has 0 saturated heterocycles. The van der Waals surface area contributed by atoms with E-state index in [-0.39, 0.29) is 5.78 Å². The van der Waals surface area contributed by atoms with Gasteiger partial charge in [0.1, 0.15) is 5.69 Å². The number of rotatable bonds is 3. The van der Waals surface area contributed by atoms with Crippen LogP contribution >= 0.6 is 0 Å². The maximum absolute atomic E-state index is 12.0. The van der Waals surface area contributed by atoms with Crippen molar-refractivity contribution in [1.29, 1.82) is 0 Å². The van der Waals surface area contributed by atoms with Gasteiger partial charge in [-0.1, -0.05) is 18.2 Å². The van der Waals surface area contributed by atoms with Crippen LogP contribution in [-0.4, -0.2) is 10.8 Å². The van der Waals surface area contributed by atoms with E-state index < -0.39 is 0 Å². The topological polar surface area (TPSA) is 56.0 Å². The van der Waals surface area contributed by atoms with Gasteiger partial charge in [0.05, 0.1) is 11.9 Å². The number of pyridine rings is 1. The molecule has 0 fully saturated rings. The summed E-state index contributed by atoms with van der Waals surface area (Å²) in [6, 6.07) is 9.43. The molecule has 1 aromatic heterocycles. The standard InChI is InChI=1S/C15H16N2O/c1-10-3-4-12(7-11(10)2)8-15(18)14-6-5-13(16)9-17-14/h3-7,9H,8,16H2,1-2H3. The average Bonchev–Trinajstić information content (AvgIpc) is 2.34. The molecule has 0 aliphatic carbocycles. The number of ketones is 1. The van der Waals surface area contributed by atoms with Crippen LogP contribution < -0.4 is 5.73 Å². The Balaban J connectivity index is 2.16. The van der Waals surface area contributed by atoms with Gasteiger partial charge < -0.3 is 5.73 Å². The number of nitrogen functional groups attached to an aromatic ring is 1. The Morgan fingerprint density at radius 3 is 2.56 bits per heavy atom. The lowest BCUT2D eigenvalue weighted by molar-refractivity contribution is 0.0988. The summed E-state index contributed by atoms with van der Waals surface area (Å²) >= 11 is 0. The summed E-state index contributed by atoms with van der Waals surface area (Å²) in [6.07, 6.45) is 1.88. The number of hydrogen-bond acceptors (Lipinski definition) is 3. The molecule has 2 N–H and O–H groups in total. The fraction of sp³-hybridized carbons (Fsp3) is 0.200. The van der Waals surface area contributed by atoms with Crippen molar-refractivity contribution in [2.45, 2.75) is 20.3 Å². The second-order valence-electron chi connectivity index (χ2n) is 4.50. The predicted molar refractivity (Wildman–Crippen MR) is 72.6 cm³/mol. The summed E-state index contributed by atoms with van der Waals surface area (Å²) in [4.78, 5) is 16.1. The van der Waals surface area contributed by atoms with E-state index in [1.54, 1.807) is 12.1 Å². The Morgan fingerprint density at radius 2 is 1.94 bits per heavy atom. The monoisotopic (exact) mass is 240 g/mol. The second-order valence-corrected chi connectivity index (χ2v) is 4.50. The van der Waals surface area contributed by atoms with Gasteiger partial charge in [0.25, 0.3) is 0 Å². The molecule has 1 aromatic carbocycles. The van der Waals surface area contributed by atoms with Crippen molar-refractivity contribution in [3.63, 3.8) is 0 Å². The minimum Gasteiger partial charge on any atom is -0.397 e. The first-order valence-corrected chi connectivity index (χ1v) is 5.87. The quantitative estimate of drug-likeness (QED) is 0.839. The molecule has 2 rings (SSSR count). The van der Waals surface area contributed by atoms with Crippen molar-refractivity contribution < 1.29 is 4.79 Å². The number of anilines is 1. The number of nitrogens with zero attached hydrogens (tertiary/aromatic N) is 1. The van der Waals surface area contributed by atoms with Crippen LogP contribution in [0.25, 0.3) is 0 Å². The SMILES string of the molecule is Cc1ccc(CC(=O)c2ccc(N)cn2)cc1C. The smallest absolute Gasteiger partial charge is 0.185 e. The third-order valence-electron chi connectivity index (χ3n) is 3.01. The van der Waals surface area contributed by atoms with E-state index in [9.17, 15) is 4.79 Å². The number of hydrogen-bond donors (Lipinski definition) is 1. The maximum Gasteiger partial charge on any atom is 0.185 e. The fourth-order valence-corrected chi connectivity index (χ4v) is 1.76. The first-order valence-electron chi connectivity index (χ1n) is 5.87. The van der Waals surface area contributed by atoms with E-state index in [1.165, 1.54) is 17.3 Å². The molecule has 92 valence electrons. The van der Waals surface area contributed by atoms with Gasteiger partial charge in [0.2, 0.25) is 0 Å². The van der Waals surface area contributed by atoms with Gasteiger partial charge in [0, 0.05) is 6.42 Å². The summed E-state index contributed by atoms with van der Waals surface area (Å²) in [5, 5.41) is 0. The highest BCUT2D eigenvalue weighted by molar-refractivity contribution is 5.95. The minimum absolute atomic E-state index is 0.0123. The third kappa shape index (κ3) is 2.74. The van der Waals surface area contributed by atoms with E-state index in [0.29, 0.717) is 17.8 Å². The molecule has 0 unspecified atom stereocenters. The molecule has 3 nitrogen and oxygen atoms in total. The molecule has 0 spiro atoms. The average molecular weight is 240 g/mol. The molecule has 0 bridgehead atoms. The highest BCUT2D eigenvalue weighted by Crippen LogP contribution is 2.12. The molecule has 0 aliphatic rings. The molecule has 0 aliphatic heterocycles. The van der Waals surface area contributed by atoms with E-state index >= 15 is 0 Å². The molecule has 3 heteroatoms. The zero-order valence-corrected chi connectivity index (χ0v) is 10.6. The molecule has 0 amide bonds. The summed E-state index contributed by atoms with van der Waals surface area (Å²) in [5.74, 6) is 0.0123. The first kappa shape index (κ1) is 12.3. The Kier molecular flexibility index (Phi) is 3.42. The van der Waals surface area contributed by atoms with Crippen molar-refractivity contribution in [3.8, 4) is 0 Å². The minimum atomic E-state index is 0.0123. The zero-order chi connectivity index (χ0) is 13.1. The number of Topliss-reactive ketones (excluding diaryl/α,β-unsaturated/α-hetero) is 1. The van der Waals surface area contributed by atoms with Crippen molar-refractivity contribution in [3.05, 3.63) is 58.9 Å². The largest absolute Gasteiger partial charge is 0.397 e. The summed E-state index contributed by atoms with van der Waals surface area (Å²) in [5.41, 5.74) is 10.0. The number of benzene rings is 1. The van der Waals surface area contributed by atoms with Crippen molar-refractivity contribution in [1.82, 2.24) is 4.98 Å². The molecule has 2 aromatic rings. The first-order chi connectivity index (χ1) is 8.56. The fourth-order valence-electron chi connectivity index (χ4n) is 1.76. The van der Waals surface area contributed by atoms with Gasteiger partial charge in [-0.2, -0.15) is 0 Å². The van der Waals surface area contributed by atoms with Crippen molar-refractivity contribution in [2.24, 2.45) is 0 Å². The van der Waals surface area contributed by atoms with Gasteiger partial charge in [-0.25, -0.2) is 0 Å². The number of carbonyl (C=O) groups is 1. The Labute approximate surface area is 107 Å². The summed E-state index contributed by atoms with van der Waals surface area (Å²) in [7, 11) is 0. The van der Waals surface area contributed by atoms with Crippen LogP contribution in [0.2, 0.25) is 0 Å². The van der Waals surface area contributed by atoms with Crippen LogP contribution in [0, 0.1) is 13.8 Å². The maximum atomic E-state index is 12.0. The number of carbonyl (C=O) groups excluding carboxylic acids is 1. The van der Waals surface area contributed by atoms with Gasteiger partial charge in [-0.05, 0) is 42.7 Å². The highest BCUT2D eigenvalue weighted by Gasteiger charge is 2.08. The van der Waals surface area contributed by atoms with Crippen LogP contribution in [-0.2, 0) is 6.42 Å². The Bertz CT molecular complexity index is 574. The normalized spacial score (nSPS) is 10.3. The van der Waals surface area contributed by atoms with E-state index in [1.807, 2.05) is 25.1 Å². The molecular weight excluding hydrogens is 224 g/mol. The highest BCUT2D eigenvalue weighted by atomic mass is 16.1. The predicted octanol–water partition coefficient (Wildman–Crippen LogP) is 2.71. The Morgan fingerprint density at radius 1 is 1.17 bits per heavy atom. The van der Waals surface area contributed by atoms with Crippen LogP contribution in [0.1, 0.15) is 27.2 Å². The van der Waals surface area contributed by atoms with Crippen molar-refractivity contribution in [2.75, 3.05) is 5.73 Å². The Hall–Kier alpha value is -2.16. The van der Waals surface area contributed by atoms with Gasteiger partial charge in [0.15, 0.2) is 5.78 Å². The van der Waals surface area contributed by atoms with Crippen LogP contribution in [0.5, 0.6) is 0 Å². The third-order valence-corrected chi connectivity index (χ3v) is 3.01. The van der Waals surface area contributed by atoms with Crippen LogP contribution in [0.15, 0.2) is 36.5 Å². The summed E-state index contributed by atoms with van der Waals surface area (Å²) in [6.45, 7) is 4.10. The van der Waals surface area contributed by atoms with E-state index in [4.69, 9.17) is 5.73 Å². The van der Waals surface area contributed by atoms with E-state index in [2.05, 4.69) is 11.9 Å². The lowest BCUT2D eigenvalue weighted by Crippen LogP contribution is -2.06. The second kappa shape index (κ2) is 5.00. The van der Waals surface area contributed by atoms with Gasteiger partial charge >= 0.3 is 0 Å². The summed E-state index contributed by atoms with van der Waals surface area (Å²) < 4.78 is 0. The molecule has 18 heavy (non-hydrogen) atoms.